The van der Waals surface area contributed by atoms with E-state index in [4.69, 9.17) is 10.5 Å². The zero-order valence-electron chi connectivity index (χ0n) is 9.80. The van der Waals surface area contributed by atoms with E-state index in [0.717, 1.165) is 12.8 Å². The molecule has 1 saturated heterocycles. The maximum atomic E-state index is 11.9. The lowest BCUT2D eigenvalue weighted by atomic mass is 10.2. The van der Waals surface area contributed by atoms with Gasteiger partial charge in [0.25, 0.3) is 0 Å². The summed E-state index contributed by atoms with van der Waals surface area (Å²) in [5.74, 6) is -0.138. The zero-order valence-corrected chi connectivity index (χ0v) is 10.6. The van der Waals surface area contributed by atoms with E-state index in [0.29, 0.717) is 6.61 Å². The van der Waals surface area contributed by atoms with Gasteiger partial charge in [-0.25, -0.2) is 8.42 Å². The number of hydrogen-bond donors (Lipinski definition) is 3. The van der Waals surface area contributed by atoms with Crippen molar-refractivity contribution >= 4 is 21.4 Å². The number of rotatable bonds is 4. The smallest absolute Gasteiger partial charge is 0.235 e. The molecule has 4 N–H and O–H groups in total. The first-order chi connectivity index (χ1) is 8.46. The summed E-state index contributed by atoms with van der Waals surface area (Å²) in [5.41, 5.74) is 6.09. The summed E-state index contributed by atoms with van der Waals surface area (Å²) in [6.45, 7) is 0.606. The Kier molecular flexibility index (Phi) is 3.63. The Balaban J connectivity index is 2.09. The van der Waals surface area contributed by atoms with E-state index in [1.165, 1.54) is 18.2 Å². The third-order valence-corrected chi connectivity index (χ3v) is 4.07. The molecule has 1 heterocycles. The van der Waals surface area contributed by atoms with Gasteiger partial charge < -0.3 is 15.6 Å². The van der Waals surface area contributed by atoms with Crippen molar-refractivity contribution in [3.8, 4) is 5.75 Å². The number of phenolic OH excluding ortho intramolecular Hbond substituents is 1. The van der Waals surface area contributed by atoms with Crippen molar-refractivity contribution in [3.05, 3.63) is 18.2 Å². The van der Waals surface area contributed by atoms with Gasteiger partial charge >= 0.3 is 0 Å². The van der Waals surface area contributed by atoms with Crippen LogP contribution in [0.5, 0.6) is 5.75 Å². The molecule has 0 amide bonds. The highest BCUT2D eigenvalue weighted by atomic mass is 32.2. The average Bonchev–Trinajstić information content (AvgIpc) is 2.75. The molecule has 1 aromatic carbocycles. The molecule has 0 saturated carbocycles. The lowest BCUT2D eigenvalue weighted by molar-refractivity contribution is 0.127. The van der Waals surface area contributed by atoms with Crippen molar-refractivity contribution in [2.45, 2.75) is 18.9 Å². The van der Waals surface area contributed by atoms with Crippen LogP contribution in [0.1, 0.15) is 12.8 Å². The number of hydrogen-bond acceptors (Lipinski definition) is 5. The lowest BCUT2D eigenvalue weighted by Crippen LogP contribution is -2.26. The highest BCUT2D eigenvalue weighted by molar-refractivity contribution is 7.92. The van der Waals surface area contributed by atoms with Gasteiger partial charge in [0.05, 0.1) is 23.2 Å². The lowest BCUT2D eigenvalue weighted by Gasteiger charge is -2.13. The van der Waals surface area contributed by atoms with Crippen LogP contribution in [0.3, 0.4) is 0 Å². The number of sulfonamides is 1. The topological polar surface area (TPSA) is 102 Å². The highest BCUT2D eigenvalue weighted by Gasteiger charge is 2.23. The number of nitrogens with one attached hydrogen (secondary N) is 1. The molecule has 1 aromatic rings. The quantitative estimate of drug-likeness (QED) is 0.558. The van der Waals surface area contributed by atoms with E-state index < -0.39 is 10.0 Å². The number of nitrogen functional groups attached to an aromatic ring is 1. The first kappa shape index (κ1) is 13.0. The summed E-state index contributed by atoms with van der Waals surface area (Å²) in [5, 5.41) is 9.30. The Bertz CT molecular complexity index is 524. The minimum atomic E-state index is -3.52. The minimum Gasteiger partial charge on any atom is -0.508 e. The first-order valence-corrected chi connectivity index (χ1v) is 7.32. The molecule has 0 aromatic heterocycles. The van der Waals surface area contributed by atoms with Crippen LogP contribution in [-0.2, 0) is 14.8 Å². The van der Waals surface area contributed by atoms with Crippen LogP contribution in [0, 0.1) is 0 Å². The van der Waals surface area contributed by atoms with Gasteiger partial charge in [0.2, 0.25) is 10.0 Å². The molecule has 2 rings (SSSR count). The summed E-state index contributed by atoms with van der Waals surface area (Å²) in [7, 11) is -3.52. The van der Waals surface area contributed by atoms with Gasteiger partial charge in [-0.3, -0.25) is 4.72 Å². The molecule has 1 fully saturated rings. The van der Waals surface area contributed by atoms with Crippen LogP contribution in [-0.4, -0.2) is 32.0 Å². The van der Waals surface area contributed by atoms with E-state index >= 15 is 0 Å². The van der Waals surface area contributed by atoms with E-state index in [-0.39, 0.29) is 29.0 Å². The van der Waals surface area contributed by atoms with Crippen LogP contribution >= 0.6 is 0 Å². The van der Waals surface area contributed by atoms with Crippen LogP contribution in [0.4, 0.5) is 11.4 Å². The predicted octanol–water partition coefficient (Wildman–Crippen LogP) is 0.895. The Morgan fingerprint density at radius 2 is 2.28 bits per heavy atom. The molecule has 0 radical (unpaired) electrons. The summed E-state index contributed by atoms with van der Waals surface area (Å²) in [4.78, 5) is 0. The zero-order chi connectivity index (χ0) is 13.2. The number of anilines is 2. The monoisotopic (exact) mass is 272 g/mol. The maximum absolute atomic E-state index is 11.9. The molecule has 7 heteroatoms. The number of ether oxygens (including phenoxy) is 1. The van der Waals surface area contributed by atoms with Crippen LogP contribution in [0.2, 0.25) is 0 Å². The third kappa shape index (κ3) is 3.27. The van der Waals surface area contributed by atoms with Gasteiger partial charge in [0.1, 0.15) is 5.75 Å². The number of phenols is 1. The van der Waals surface area contributed by atoms with Crippen molar-refractivity contribution < 1.29 is 18.3 Å². The molecular weight excluding hydrogens is 256 g/mol. The minimum absolute atomic E-state index is 0.0426. The SMILES string of the molecule is Nc1ccc(O)cc1NS(=O)(=O)CC1CCCO1. The highest BCUT2D eigenvalue weighted by Crippen LogP contribution is 2.25. The second-order valence-corrected chi connectivity index (χ2v) is 6.06. The molecule has 1 aliphatic heterocycles. The number of aromatic hydroxyl groups is 1. The van der Waals surface area contributed by atoms with Gasteiger partial charge in [-0.15, -0.1) is 0 Å². The van der Waals surface area contributed by atoms with Crippen molar-refractivity contribution in [2.24, 2.45) is 0 Å². The fraction of sp³-hybridized carbons (Fsp3) is 0.455. The van der Waals surface area contributed by atoms with E-state index in [1.807, 2.05) is 0 Å². The van der Waals surface area contributed by atoms with Crippen LogP contribution in [0.25, 0.3) is 0 Å². The summed E-state index contributed by atoms with van der Waals surface area (Å²) < 4.78 is 31.4. The molecule has 0 bridgehead atoms. The molecule has 100 valence electrons. The van der Waals surface area contributed by atoms with Crippen LogP contribution in [0.15, 0.2) is 18.2 Å². The first-order valence-electron chi connectivity index (χ1n) is 5.67. The Hall–Kier alpha value is -1.47. The van der Waals surface area contributed by atoms with Crippen molar-refractivity contribution in [1.82, 2.24) is 0 Å². The van der Waals surface area contributed by atoms with Gasteiger partial charge in [-0.1, -0.05) is 0 Å². The van der Waals surface area contributed by atoms with Gasteiger partial charge in [0.15, 0.2) is 0 Å². The molecule has 1 atom stereocenters. The van der Waals surface area contributed by atoms with E-state index in [2.05, 4.69) is 4.72 Å². The maximum Gasteiger partial charge on any atom is 0.235 e. The largest absolute Gasteiger partial charge is 0.508 e. The third-order valence-electron chi connectivity index (χ3n) is 2.73. The predicted molar refractivity (Wildman–Crippen MR) is 68.9 cm³/mol. The van der Waals surface area contributed by atoms with Crippen molar-refractivity contribution in [2.75, 3.05) is 22.8 Å². The summed E-state index contributed by atoms with van der Waals surface area (Å²) in [6, 6.07) is 4.12. The molecule has 0 aliphatic carbocycles. The normalized spacial score (nSPS) is 19.9. The summed E-state index contributed by atoms with van der Waals surface area (Å²) >= 11 is 0. The molecule has 1 unspecified atom stereocenters. The Morgan fingerprint density at radius 3 is 2.94 bits per heavy atom. The fourth-order valence-corrected chi connectivity index (χ4v) is 3.21. The number of benzene rings is 1. The average molecular weight is 272 g/mol. The van der Waals surface area contributed by atoms with Gasteiger partial charge in [-0.05, 0) is 25.0 Å². The fourth-order valence-electron chi connectivity index (χ4n) is 1.86. The second-order valence-electron chi connectivity index (χ2n) is 4.29. The van der Waals surface area contributed by atoms with Gasteiger partial charge in [0, 0.05) is 12.7 Å². The standard InChI is InChI=1S/C11H16N2O4S/c12-10-4-3-8(14)6-11(10)13-18(15,16)7-9-2-1-5-17-9/h3-4,6,9,13-14H,1-2,5,7,12H2. The Labute approximate surface area is 106 Å². The molecule has 6 nitrogen and oxygen atoms in total. The number of nitrogens with two attached hydrogens (primary N) is 1. The van der Waals surface area contributed by atoms with Gasteiger partial charge in [-0.2, -0.15) is 0 Å². The second kappa shape index (κ2) is 5.03. The van der Waals surface area contributed by atoms with Crippen molar-refractivity contribution in [1.29, 1.82) is 0 Å². The van der Waals surface area contributed by atoms with E-state index in [1.54, 1.807) is 0 Å². The molecular formula is C11H16N2O4S. The molecule has 1 aliphatic rings. The molecule has 18 heavy (non-hydrogen) atoms. The van der Waals surface area contributed by atoms with Crippen LogP contribution < -0.4 is 10.5 Å². The van der Waals surface area contributed by atoms with E-state index in [9.17, 15) is 13.5 Å². The molecule has 0 spiro atoms. The summed E-state index contributed by atoms with van der Waals surface area (Å²) in [6.07, 6.45) is 1.37. The Morgan fingerprint density at radius 1 is 1.50 bits per heavy atom. The van der Waals surface area contributed by atoms with Crippen molar-refractivity contribution in [3.63, 3.8) is 0 Å².